The second-order valence-electron chi connectivity index (χ2n) is 7.14. The molecule has 0 saturated carbocycles. The van der Waals surface area contributed by atoms with Gasteiger partial charge in [0.25, 0.3) is 0 Å². The van der Waals surface area contributed by atoms with E-state index in [0.29, 0.717) is 11.5 Å². The first-order valence-electron chi connectivity index (χ1n) is 9.47. The lowest BCUT2D eigenvalue weighted by atomic mass is 10.0. The van der Waals surface area contributed by atoms with E-state index in [1.165, 1.54) is 0 Å². The zero-order chi connectivity index (χ0) is 21.7. The summed E-state index contributed by atoms with van der Waals surface area (Å²) in [5, 5.41) is 6.54. The van der Waals surface area contributed by atoms with E-state index < -0.39 is 15.9 Å². The molecule has 30 heavy (non-hydrogen) atoms. The van der Waals surface area contributed by atoms with Crippen molar-refractivity contribution < 1.29 is 17.7 Å². The number of sulfonamides is 1. The minimum absolute atomic E-state index is 0.00208. The number of aromatic nitrogens is 2. The van der Waals surface area contributed by atoms with Crippen LogP contribution in [0.15, 0.2) is 59.1 Å². The van der Waals surface area contributed by atoms with Crippen LogP contribution in [0.5, 0.6) is 0 Å². The third-order valence-electron chi connectivity index (χ3n) is 4.45. The maximum absolute atomic E-state index is 12.5. The molecule has 0 unspecified atom stereocenters. The van der Waals surface area contributed by atoms with Gasteiger partial charge < -0.3 is 9.84 Å². The highest BCUT2D eigenvalue weighted by Crippen LogP contribution is 2.28. The SMILES string of the molecule is CC(C)c1ccccc1N(CC(=O)NCc1nc(-c2ccccc2)no1)S(C)(=O)=O. The average Bonchev–Trinajstić information content (AvgIpc) is 3.19. The van der Waals surface area contributed by atoms with E-state index in [0.717, 1.165) is 21.7 Å². The molecule has 0 radical (unpaired) electrons. The molecule has 8 nitrogen and oxygen atoms in total. The van der Waals surface area contributed by atoms with Gasteiger partial charge in [0.15, 0.2) is 0 Å². The van der Waals surface area contributed by atoms with Crippen LogP contribution in [0, 0.1) is 0 Å². The van der Waals surface area contributed by atoms with Gasteiger partial charge in [-0.3, -0.25) is 9.10 Å². The van der Waals surface area contributed by atoms with Crippen molar-refractivity contribution in [3.8, 4) is 11.4 Å². The number of para-hydroxylation sites is 1. The Balaban J connectivity index is 1.70. The summed E-state index contributed by atoms with van der Waals surface area (Å²) in [6.45, 7) is 3.60. The number of carbonyl (C=O) groups excluding carboxylic acids is 1. The Morgan fingerprint density at radius 2 is 1.77 bits per heavy atom. The molecule has 158 valence electrons. The lowest BCUT2D eigenvalue weighted by Gasteiger charge is -2.25. The number of benzene rings is 2. The predicted molar refractivity (Wildman–Crippen MR) is 114 cm³/mol. The predicted octanol–water partition coefficient (Wildman–Crippen LogP) is 2.94. The summed E-state index contributed by atoms with van der Waals surface area (Å²) in [4.78, 5) is 16.7. The second-order valence-corrected chi connectivity index (χ2v) is 9.04. The number of hydrogen-bond acceptors (Lipinski definition) is 6. The van der Waals surface area contributed by atoms with Crippen LogP contribution < -0.4 is 9.62 Å². The lowest BCUT2D eigenvalue weighted by molar-refractivity contribution is -0.119. The van der Waals surface area contributed by atoms with Crippen molar-refractivity contribution >= 4 is 21.6 Å². The van der Waals surface area contributed by atoms with Gasteiger partial charge in [0, 0.05) is 5.56 Å². The molecule has 1 N–H and O–H groups in total. The number of carbonyl (C=O) groups is 1. The van der Waals surface area contributed by atoms with Crippen molar-refractivity contribution in [2.75, 3.05) is 17.1 Å². The summed E-state index contributed by atoms with van der Waals surface area (Å²) in [5.41, 5.74) is 2.14. The van der Waals surface area contributed by atoms with E-state index in [1.54, 1.807) is 12.1 Å². The molecule has 0 fully saturated rings. The van der Waals surface area contributed by atoms with E-state index in [9.17, 15) is 13.2 Å². The molecule has 0 spiro atoms. The Kier molecular flexibility index (Phi) is 6.51. The molecule has 0 aliphatic rings. The fraction of sp³-hybridized carbons (Fsp3) is 0.286. The molecule has 0 aliphatic carbocycles. The first-order valence-corrected chi connectivity index (χ1v) is 11.3. The van der Waals surface area contributed by atoms with E-state index in [2.05, 4.69) is 15.5 Å². The molecule has 2 aromatic carbocycles. The third-order valence-corrected chi connectivity index (χ3v) is 5.58. The highest BCUT2D eigenvalue weighted by atomic mass is 32.2. The number of nitrogens with one attached hydrogen (secondary N) is 1. The molecule has 3 rings (SSSR count). The Morgan fingerprint density at radius 1 is 1.10 bits per heavy atom. The van der Waals surface area contributed by atoms with Crippen LogP contribution in [-0.2, 0) is 21.4 Å². The van der Waals surface area contributed by atoms with Crippen molar-refractivity contribution in [1.82, 2.24) is 15.5 Å². The molecule has 3 aromatic rings. The number of anilines is 1. The average molecular weight is 429 g/mol. The smallest absolute Gasteiger partial charge is 0.246 e. The zero-order valence-corrected chi connectivity index (χ0v) is 17.9. The Bertz CT molecular complexity index is 1110. The lowest BCUT2D eigenvalue weighted by Crippen LogP contribution is -2.40. The standard InChI is InChI=1S/C21H24N4O4S/c1-15(2)17-11-7-8-12-18(17)25(30(3,27)28)14-19(26)22-13-20-23-21(24-29-20)16-9-5-4-6-10-16/h4-12,15H,13-14H2,1-3H3,(H,22,26). The molecule has 1 amide bonds. The van der Waals surface area contributed by atoms with E-state index in [-0.39, 0.29) is 24.9 Å². The van der Waals surface area contributed by atoms with Crippen LogP contribution in [0.1, 0.15) is 31.2 Å². The maximum Gasteiger partial charge on any atom is 0.246 e. The number of nitrogens with zero attached hydrogens (tertiary/aromatic N) is 3. The fourth-order valence-corrected chi connectivity index (χ4v) is 3.85. The van der Waals surface area contributed by atoms with Crippen molar-refractivity contribution in [1.29, 1.82) is 0 Å². The summed E-state index contributed by atoms with van der Waals surface area (Å²) in [6, 6.07) is 16.5. The molecular weight excluding hydrogens is 404 g/mol. The first kappa shape index (κ1) is 21.5. The summed E-state index contributed by atoms with van der Waals surface area (Å²) < 4.78 is 31.0. The van der Waals surface area contributed by atoms with E-state index in [4.69, 9.17) is 4.52 Å². The number of amides is 1. The summed E-state index contributed by atoms with van der Waals surface area (Å²) in [7, 11) is -3.66. The van der Waals surface area contributed by atoms with Crippen LogP contribution in [0.25, 0.3) is 11.4 Å². The zero-order valence-electron chi connectivity index (χ0n) is 17.1. The van der Waals surface area contributed by atoms with E-state index >= 15 is 0 Å². The minimum atomic E-state index is -3.66. The molecular formula is C21H24N4O4S. The monoisotopic (exact) mass is 428 g/mol. The normalized spacial score (nSPS) is 11.5. The van der Waals surface area contributed by atoms with Gasteiger partial charge in [0.05, 0.1) is 18.5 Å². The van der Waals surface area contributed by atoms with Crippen molar-refractivity contribution in [2.45, 2.75) is 26.3 Å². The van der Waals surface area contributed by atoms with Crippen LogP contribution in [-0.4, -0.2) is 37.3 Å². The van der Waals surface area contributed by atoms with Crippen LogP contribution in [0.2, 0.25) is 0 Å². The van der Waals surface area contributed by atoms with Gasteiger partial charge >= 0.3 is 0 Å². The van der Waals surface area contributed by atoms with Gasteiger partial charge in [-0.1, -0.05) is 67.5 Å². The largest absolute Gasteiger partial charge is 0.345 e. The van der Waals surface area contributed by atoms with Crippen molar-refractivity contribution in [3.63, 3.8) is 0 Å². The summed E-state index contributed by atoms with van der Waals surface area (Å²) in [6.07, 6.45) is 1.08. The Morgan fingerprint density at radius 3 is 2.43 bits per heavy atom. The molecule has 1 aromatic heterocycles. The summed E-state index contributed by atoms with van der Waals surface area (Å²) in [5.74, 6) is 0.279. The molecule has 9 heteroatoms. The first-order chi connectivity index (χ1) is 14.3. The molecule has 1 heterocycles. The highest BCUT2D eigenvalue weighted by molar-refractivity contribution is 7.92. The van der Waals surface area contributed by atoms with Crippen LogP contribution in [0.3, 0.4) is 0 Å². The second kappa shape index (κ2) is 9.08. The maximum atomic E-state index is 12.5. The molecule has 0 saturated heterocycles. The third kappa shape index (κ3) is 5.24. The number of hydrogen-bond donors (Lipinski definition) is 1. The number of rotatable bonds is 8. The molecule has 0 atom stereocenters. The van der Waals surface area contributed by atoms with Gasteiger partial charge in [-0.2, -0.15) is 4.98 Å². The van der Waals surface area contributed by atoms with E-state index in [1.807, 2.05) is 56.3 Å². The summed E-state index contributed by atoms with van der Waals surface area (Å²) >= 11 is 0. The van der Waals surface area contributed by atoms with Crippen LogP contribution >= 0.6 is 0 Å². The fourth-order valence-electron chi connectivity index (χ4n) is 2.98. The topological polar surface area (TPSA) is 105 Å². The quantitative estimate of drug-likeness (QED) is 0.591. The van der Waals surface area contributed by atoms with Gasteiger partial charge in [-0.05, 0) is 17.5 Å². The van der Waals surface area contributed by atoms with Gasteiger partial charge in [0.1, 0.15) is 6.54 Å². The van der Waals surface area contributed by atoms with Crippen molar-refractivity contribution in [3.05, 3.63) is 66.1 Å². The Labute approximate surface area is 176 Å². The van der Waals surface area contributed by atoms with Gasteiger partial charge in [-0.25, -0.2) is 8.42 Å². The van der Waals surface area contributed by atoms with Gasteiger partial charge in [0.2, 0.25) is 27.6 Å². The molecule has 0 bridgehead atoms. The minimum Gasteiger partial charge on any atom is -0.345 e. The van der Waals surface area contributed by atoms with Crippen molar-refractivity contribution in [2.24, 2.45) is 0 Å². The van der Waals surface area contributed by atoms with Crippen LogP contribution in [0.4, 0.5) is 5.69 Å². The molecule has 0 aliphatic heterocycles. The van der Waals surface area contributed by atoms with Gasteiger partial charge in [-0.15, -0.1) is 0 Å². The Hall–Kier alpha value is -3.20. The highest BCUT2D eigenvalue weighted by Gasteiger charge is 2.24.